The van der Waals surface area contributed by atoms with Gasteiger partial charge < -0.3 is 5.32 Å². The van der Waals surface area contributed by atoms with Crippen LogP contribution in [0.15, 0.2) is 53.4 Å². The van der Waals surface area contributed by atoms with E-state index in [1.807, 2.05) is 25.1 Å². The van der Waals surface area contributed by atoms with Crippen LogP contribution in [-0.4, -0.2) is 44.6 Å². The highest BCUT2D eigenvalue weighted by atomic mass is 32.2. The molecule has 5 nitrogen and oxygen atoms in total. The molecule has 1 aliphatic heterocycles. The number of aryl methyl sites for hydroxylation is 1. The van der Waals surface area contributed by atoms with Crippen molar-refractivity contribution in [3.63, 3.8) is 0 Å². The van der Waals surface area contributed by atoms with E-state index in [0.717, 1.165) is 37.9 Å². The van der Waals surface area contributed by atoms with Crippen LogP contribution in [0, 0.1) is 6.92 Å². The summed E-state index contributed by atoms with van der Waals surface area (Å²) in [5.41, 5.74) is 2.46. The van der Waals surface area contributed by atoms with E-state index in [0.29, 0.717) is 5.56 Å². The van der Waals surface area contributed by atoms with Crippen molar-refractivity contribution in [1.29, 1.82) is 0 Å². The van der Waals surface area contributed by atoms with Crippen molar-refractivity contribution in [3.05, 3.63) is 65.2 Å². The van der Waals surface area contributed by atoms with Crippen molar-refractivity contribution < 1.29 is 13.2 Å². The summed E-state index contributed by atoms with van der Waals surface area (Å²) < 4.78 is 23.5. The highest BCUT2D eigenvalue weighted by molar-refractivity contribution is 7.90. The lowest BCUT2D eigenvalue weighted by atomic mass is 10.1. The molecule has 2 aromatic rings. The predicted molar refractivity (Wildman–Crippen MR) is 102 cm³/mol. The number of sulfone groups is 1. The Kier molecular flexibility index (Phi) is 5.44. The van der Waals surface area contributed by atoms with E-state index < -0.39 is 9.84 Å². The molecule has 1 N–H and O–H groups in total. The van der Waals surface area contributed by atoms with Crippen LogP contribution in [0.3, 0.4) is 0 Å². The first-order chi connectivity index (χ1) is 12.3. The van der Waals surface area contributed by atoms with Crippen molar-refractivity contribution in [2.75, 3.05) is 19.3 Å². The van der Waals surface area contributed by atoms with Gasteiger partial charge in [-0.3, -0.25) is 9.69 Å². The Morgan fingerprint density at radius 1 is 1.19 bits per heavy atom. The summed E-state index contributed by atoms with van der Waals surface area (Å²) in [6.45, 7) is 4.42. The molecule has 26 heavy (non-hydrogen) atoms. The van der Waals surface area contributed by atoms with Crippen molar-refractivity contribution >= 4 is 15.7 Å². The number of hydrogen-bond donors (Lipinski definition) is 1. The molecule has 6 heteroatoms. The largest absolute Gasteiger partial charge is 0.348 e. The van der Waals surface area contributed by atoms with Crippen LogP contribution in [0.25, 0.3) is 0 Å². The maximum atomic E-state index is 12.6. The van der Waals surface area contributed by atoms with Gasteiger partial charge in [-0.2, -0.15) is 0 Å². The van der Waals surface area contributed by atoms with Gasteiger partial charge in [-0.15, -0.1) is 0 Å². The van der Waals surface area contributed by atoms with E-state index >= 15 is 0 Å². The molecule has 138 valence electrons. The minimum atomic E-state index is -3.33. The van der Waals surface area contributed by atoms with Crippen LogP contribution in [-0.2, 0) is 16.4 Å². The van der Waals surface area contributed by atoms with E-state index in [1.54, 1.807) is 12.1 Å². The van der Waals surface area contributed by atoms with Crippen LogP contribution in [0.4, 0.5) is 0 Å². The molecule has 1 heterocycles. The Bertz CT molecular complexity index is 895. The van der Waals surface area contributed by atoms with Gasteiger partial charge in [0.1, 0.15) is 0 Å². The summed E-state index contributed by atoms with van der Waals surface area (Å²) in [7, 11) is -3.33. The lowest BCUT2D eigenvalue weighted by Crippen LogP contribution is -2.37. The minimum absolute atomic E-state index is 0.0764. The van der Waals surface area contributed by atoms with Crippen LogP contribution in [0.2, 0.25) is 0 Å². The summed E-state index contributed by atoms with van der Waals surface area (Å²) in [6, 6.07) is 15.0. The molecule has 1 unspecified atom stereocenters. The minimum Gasteiger partial charge on any atom is -0.348 e. The molecule has 0 radical (unpaired) electrons. The molecule has 0 aliphatic carbocycles. The van der Waals surface area contributed by atoms with Crippen LogP contribution >= 0.6 is 0 Å². The van der Waals surface area contributed by atoms with Crippen molar-refractivity contribution in [2.45, 2.75) is 30.8 Å². The van der Waals surface area contributed by atoms with Crippen molar-refractivity contribution in [3.8, 4) is 0 Å². The number of carbonyl (C=O) groups is 1. The number of amides is 1. The fourth-order valence-corrected chi connectivity index (χ4v) is 3.92. The van der Waals surface area contributed by atoms with Gasteiger partial charge in [-0.05, 0) is 36.6 Å². The second-order valence-electron chi connectivity index (χ2n) is 6.93. The summed E-state index contributed by atoms with van der Waals surface area (Å²) >= 11 is 0. The number of likely N-dealkylation sites (tertiary alicyclic amines) is 1. The van der Waals surface area contributed by atoms with E-state index in [1.165, 1.54) is 11.6 Å². The molecule has 1 saturated heterocycles. The second kappa shape index (κ2) is 7.60. The quantitative estimate of drug-likeness (QED) is 0.875. The third-order valence-corrected chi connectivity index (χ3v) is 5.85. The highest BCUT2D eigenvalue weighted by Crippen LogP contribution is 2.18. The topological polar surface area (TPSA) is 66.5 Å². The SMILES string of the molecule is Cc1ccc(S(C)(=O)=O)cc1C(=O)NC1CCN(Cc2ccccc2)C1. The molecule has 3 rings (SSSR count). The normalized spacial score (nSPS) is 18.0. The van der Waals surface area contributed by atoms with Gasteiger partial charge in [0.15, 0.2) is 9.84 Å². The lowest BCUT2D eigenvalue weighted by Gasteiger charge is -2.17. The van der Waals surface area contributed by atoms with Gasteiger partial charge in [0, 0.05) is 37.5 Å². The maximum Gasteiger partial charge on any atom is 0.251 e. The molecular weight excluding hydrogens is 348 g/mol. The van der Waals surface area contributed by atoms with Gasteiger partial charge in [0.2, 0.25) is 0 Å². The number of carbonyl (C=O) groups excluding carboxylic acids is 1. The average molecular weight is 372 g/mol. The maximum absolute atomic E-state index is 12.6. The highest BCUT2D eigenvalue weighted by Gasteiger charge is 2.25. The molecule has 2 aromatic carbocycles. The summed E-state index contributed by atoms with van der Waals surface area (Å²) in [5, 5.41) is 3.05. The Hall–Kier alpha value is -2.18. The molecular formula is C20H24N2O3S. The fraction of sp³-hybridized carbons (Fsp3) is 0.350. The number of rotatable bonds is 5. The van der Waals surface area contributed by atoms with Crippen molar-refractivity contribution in [2.24, 2.45) is 0 Å². The van der Waals surface area contributed by atoms with E-state index in [4.69, 9.17) is 0 Å². The molecule has 0 aromatic heterocycles. The summed E-state index contributed by atoms with van der Waals surface area (Å²) in [6.07, 6.45) is 2.04. The number of nitrogens with zero attached hydrogens (tertiary/aromatic N) is 1. The molecule has 0 saturated carbocycles. The molecule has 0 spiro atoms. The first-order valence-electron chi connectivity index (χ1n) is 8.71. The smallest absolute Gasteiger partial charge is 0.251 e. The molecule has 1 fully saturated rings. The molecule has 0 bridgehead atoms. The number of hydrogen-bond acceptors (Lipinski definition) is 4. The zero-order chi connectivity index (χ0) is 18.7. The van der Waals surface area contributed by atoms with E-state index in [-0.39, 0.29) is 16.8 Å². The summed E-state index contributed by atoms with van der Waals surface area (Å²) in [5.74, 6) is -0.209. The van der Waals surface area contributed by atoms with Gasteiger partial charge in [-0.1, -0.05) is 36.4 Å². The number of nitrogens with one attached hydrogen (secondary N) is 1. The zero-order valence-electron chi connectivity index (χ0n) is 15.1. The summed E-state index contributed by atoms with van der Waals surface area (Å²) in [4.78, 5) is 15.1. The Balaban J connectivity index is 1.64. The first-order valence-corrected chi connectivity index (χ1v) is 10.6. The van der Waals surface area contributed by atoms with E-state index in [9.17, 15) is 13.2 Å². The van der Waals surface area contributed by atoms with Crippen molar-refractivity contribution in [1.82, 2.24) is 10.2 Å². The monoisotopic (exact) mass is 372 g/mol. The third-order valence-electron chi connectivity index (χ3n) is 4.74. The van der Waals surface area contributed by atoms with Gasteiger partial charge in [-0.25, -0.2) is 8.42 Å². The van der Waals surface area contributed by atoms with Crippen LogP contribution in [0.1, 0.15) is 27.9 Å². The van der Waals surface area contributed by atoms with Crippen LogP contribution in [0.5, 0.6) is 0 Å². The van der Waals surface area contributed by atoms with E-state index in [2.05, 4.69) is 22.3 Å². The Morgan fingerprint density at radius 2 is 1.92 bits per heavy atom. The standard InChI is InChI=1S/C20H24N2O3S/c1-15-8-9-18(26(2,24)25)12-19(15)20(23)21-17-10-11-22(14-17)13-16-6-4-3-5-7-16/h3-9,12,17H,10-11,13-14H2,1-2H3,(H,21,23). The molecule has 1 atom stereocenters. The average Bonchev–Trinajstić information content (AvgIpc) is 3.02. The van der Waals surface area contributed by atoms with Gasteiger partial charge in [0.05, 0.1) is 4.90 Å². The molecule has 1 amide bonds. The third kappa shape index (κ3) is 4.51. The van der Waals surface area contributed by atoms with Crippen LogP contribution < -0.4 is 5.32 Å². The van der Waals surface area contributed by atoms with Gasteiger partial charge in [0.25, 0.3) is 5.91 Å². The zero-order valence-corrected chi connectivity index (χ0v) is 15.9. The fourth-order valence-electron chi connectivity index (χ4n) is 3.28. The number of benzene rings is 2. The lowest BCUT2D eigenvalue weighted by molar-refractivity contribution is 0.0937. The van der Waals surface area contributed by atoms with Gasteiger partial charge >= 0.3 is 0 Å². The second-order valence-corrected chi connectivity index (χ2v) is 8.94. The first kappa shape index (κ1) is 18.6. The molecule has 1 aliphatic rings. The Labute approximate surface area is 154 Å². The predicted octanol–water partition coefficient (Wildman–Crippen LogP) is 2.40. The Morgan fingerprint density at radius 3 is 2.62 bits per heavy atom.